The van der Waals surface area contributed by atoms with Crippen LogP contribution in [0, 0.1) is 5.92 Å². The lowest BCUT2D eigenvalue weighted by atomic mass is 9.95. The topological polar surface area (TPSA) is 63.6 Å². The van der Waals surface area contributed by atoms with Crippen LogP contribution in [0.4, 0.5) is 0 Å². The monoisotopic (exact) mass is 236 g/mol. The first kappa shape index (κ1) is 13.2. The standard InChI is InChI=1S/C13H16O4/c1-3-9(13(16)17-4-2)12(15)10-7-5-6-8-11(10)14/h5-9,14H,3-4H2,1-2H3. The van der Waals surface area contributed by atoms with E-state index in [9.17, 15) is 14.7 Å². The van der Waals surface area contributed by atoms with Gasteiger partial charge in [-0.15, -0.1) is 0 Å². The number of para-hydroxylation sites is 1. The van der Waals surface area contributed by atoms with E-state index in [0.29, 0.717) is 6.42 Å². The molecule has 0 heterocycles. The molecule has 0 bridgehead atoms. The average Bonchev–Trinajstić information content (AvgIpc) is 2.30. The van der Waals surface area contributed by atoms with Crippen LogP contribution in [0.1, 0.15) is 30.6 Å². The summed E-state index contributed by atoms with van der Waals surface area (Å²) in [5.41, 5.74) is 0.160. The number of Topliss-reactive ketones (excluding diaryl/α,β-unsaturated/α-hetero) is 1. The predicted molar refractivity (Wildman–Crippen MR) is 62.9 cm³/mol. The molecular weight excluding hydrogens is 220 g/mol. The molecule has 0 aliphatic carbocycles. The van der Waals surface area contributed by atoms with Crippen LogP contribution in [0.2, 0.25) is 0 Å². The molecule has 0 aliphatic rings. The fraction of sp³-hybridized carbons (Fsp3) is 0.385. The van der Waals surface area contributed by atoms with E-state index in [1.807, 2.05) is 0 Å². The molecule has 1 aromatic carbocycles. The van der Waals surface area contributed by atoms with E-state index in [1.165, 1.54) is 12.1 Å². The summed E-state index contributed by atoms with van der Waals surface area (Å²) in [6, 6.07) is 6.19. The number of benzene rings is 1. The van der Waals surface area contributed by atoms with E-state index in [0.717, 1.165) is 0 Å². The Morgan fingerprint density at radius 2 is 1.94 bits per heavy atom. The second-order valence-electron chi connectivity index (χ2n) is 3.59. The van der Waals surface area contributed by atoms with Crippen molar-refractivity contribution in [3.8, 4) is 5.75 Å². The zero-order chi connectivity index (χ0) is 12.8. The van der Waals surface area contributed by atoms with Crippen LogP contribution in [0.3, 0.4) is 0 Å². The lowest BCUT2D eigenvalue weighted by Crippen LogP contribution is -2.25. The highest BCUT2D eigenvalue weighted by atomic mass is 16.5. The minimum atomic E-state index is -0.844. The van der Waals surface area contributed by atoms with Crippen molar-refractivity contribution in [1.29, 1.82) is 0 Å². The Labute approximate surface area is 100 Å². The molecule has 0 radical (unpaired) electrons. The van der Waals surface area contributed by atoms with Gasteiger partial charge in [0.05, 0.1) is 12.2 Å². The smallest absolute Gasteiger partial charge is 0.316 e. The predicted octanol–water partition coefficient (Wildman–Crippen LogP) is 2.16. The van der Waals surface area contributed by atoms with Gasteiger partial charge in [0.1, 0.15) is 11.7 Å². The van der Waals surface area contributed by atoms with Gasteiger partial charge in [0.2, 0.25) is 0 Å². The highest BCUT2D eigenvalue weighted by molar-refractivity contribution is 6.09. The third kappa shape index (κ3) is 3.06. The van der Waals surface area contributed by atoms with Crippen LogP contribution in [0.5, 0.6) is 5.75 Å². The number of phenolic OH excluding ortho intramolecular Hbond substituents is 1. The number of rotatable bonds is 5. The largest absolute Gasteiger partial charge is 0.507 e. The summed E-state index contributed by atoms with van der Waals surface area (Å²) in [6.45, 7) is 3.66. The van der Waals surface area contributed by atoms with Crippen molar-refractivity contribution in [2.24, 2.45) is 5.92 Å². The number of ether oxygens (including phenoxy) is 1. The molecule has 17 heavy (non-hydrogen) atoms. The van der Waals surface area contributed by atoms with Gasteiger partial charge in [-0.3, -0.25) is 9.59 Å². The zero-order valence-corrected chi connectivity index (χ0v) is 9.97. The number of aromatic hydroxyl groups is 1. The highest BCUT2D eigenvalue weighted by Gasteiger charge is 2.28. The van der Waals surface area contributed by atoms with Crippen molar-refractivity contribution in [3.05, 3.63) is 29.8 Å². The van der Waals surface area contributed by atoms with E-state index in [-0.39, 0.29) is 17.9 Å². The van der Waals surface area contributed by atoms with Gasteiger partial charge in [0.15, 0.2) is 5.78 Å². The number of hydrogen-bond acceptors (Lipinski definition) is 4. The van der Waals surface area contributed by atoms with Gasteiger partial charge in [-0.1, -0.05) is 19.1 Å². The number of carbonyl (C=O) groups is 2. The van der Waals surface area contributed by atoms with Crippen molar-refractivity contribution in [2.75, 3.05) is 6.61 Å². The molecule has 0 amide bonds. The Hall–Kier alpha value is -1.84. The first-order chi connectivity index (χ1) is 8.11. The van der Waals surface area contributed by atoms with Gasteiger partial charge in [0.25, 0.3) is 0 Å². The molecule has 0 aromatic heterocycles. The number of esters is 1. The number of phenols is 1. The van der Waals surface area contributed by atoms with Crippen LogP contribution in [0.25, 0.3) is 0 Å². The van der Waals surface area contributed by atoms with Crippen LogP contribution in [0.15, 0.2) is 24.3 Å². The fourth-order valence-corrected chi connectivity index (χ4v) is 1.57. The minimum Gasteiger partial charge on any atom is -0.507 e. The normalized spacial score (nSPS) is 11.9. The molecule has 1 aromatic rings. The fourth-order valence-electron chi connectivity index (χ4n) is 1.57. The van der Waals surface area contributed by atoms with Crippen molar-refractivity contribution in [1.82, 2.24) is 0 Å². The maximum absolute atomic E-state index is 12.1. The molecule has 4 nitrogen and oxygen atoms in total. The van der Waals surface area contributed by atoms with Gasteiger partial charge in [-0.2, -0.15) is 0 Å². The first-order valence-electron chi connectivity index (χ1n) is 5.60. The summed E-state index contributed by atoms with van der Waals surface area (Å²) in [5.74, 6) is -1.89. The van der Waals surface area contributed by atoms with Gasteiger partial charge >= 0.3 is 5.97 Å². The van der Waals surface area contributed by atoms with E-state index in [2.05, 4.69) is 0 Å². The van der Waals surface area contributed by atoms with E-state index < -0.39 is 17.7 Å². The number of ketones is 1. The Kier molecular flexibility index (Phi) is 4.69. The van der Waals surface area contributed by atoms with Gasteiger partial charge in [-0.25, -0.2) is 0 Å². The molecule has 0 spiro atoms. The summed E-state index contributed by atoms with van der Waals surface area (Å²) < 4.78 is 4.84. The first-order valence-corrected chi connectivity index (χ1v) is 5.60. The van der Waals surface area contributed by atoms with Crippen LogP contribution >= 0.6 is 0 Å². The molecule has 0 fully saturated rings. The lowest BCUT2D eigenvalue weighted by Gasteiger charge is -2.13. The van der Waals surface area contributed by atoms with E-state index >= 15 is 0 Å². The molecule has 1 unspecified atom stereocenters. The summed E-state index contributed by atoms with van der Waals surface area (Å²) in [6.07, 6.45) is 0.353. The molecule has 0 aliphatic heterocycles. The molecule has 92 valence electrons. The average molecular weight is 236 g/mol. The maximum Gasteiger partial charge on any atom is 0.316 e. The van der Waals surface area contributed by atoms with Crippen LogP contribution in [-0.2, 0) is 9.53 Å². The summed E-state index contributed by atoms with van der Waals surface area (Å²) in [4.78, 5) is 23.6. The Morgan fingerprint density at radius 3 is 2.47 bits per heavy atom. The van der Waals surface area contributed by atoms with E-state index in [1.54, 1.807) is 26.0 Å². The van der Waals surface area contributed by atoms with Crippen LogP contribution in [-0.4, -0.2) is 23.5 Å². The Bertz CT molecular complexity index is 412. The Balaban J connectivity index is 2.94. The number of hydrogen-bond donors (Lipinski definition) is 1. The molecule has 4 heteroatoms. The molecule has 1 rings (SSSR count). The summed E-state index contributed by atoms with van der Waals surface area (Å²) >= 11 is 0. The summed E-state index contributed by atoms with van der Waals surface area (Å²) in [7, 11) is 0. The number of carbonyl (C=O) groups excluding carboxylic acids is 2. The second kappa shape index (κ2) is 6.03. The van der Waals surface area contributed by atoms with Crippen molar-refractivity contribution in [2.45, 2.75) is 20.3 Å². The second-order valence-corrected chi connectivity index (χ2v) is 3.59. The molecule has 1 N–H and O–H groups in total. The quantitative estimate of drug-likeness (QED) is 0.483. The third-order valence-corrected chi connectivity index (χ3v) is 2.47. The minimum absolute atomic E-state index is 0.111. The highest BCUT2D eigenvalue weighted by Crippen LogP contribution is 2.22. The van der Waals surface area contributed by atoms with Crippen molar-refractivity contribution in [3.63, 3.8) is 0 Å². The van der Waals surface area contributed by atoms with Crippen molar-refractivity contribution >= 4 is 11.8 Å². The van der Waals surface area contributed by atoms with E-state index in [4.69, 9.17) is 4.74 Å². The van der Waals surface area contributed by atoms with Gasteiger partial charge < -0.3 is 9.84 Å². The summed E-state index contributed by atoms with van der Waals surface area (Å²) in [5, 5.41) is 9.56. The van der Waals surface area contributed by atoms with Crippen molar-refractivity contribution < 1.29 is 19.4 Å². The third-order valence-electron chi connectivity index (χ3n) is 2.47. The maximum atomic E-state index is 12.1. The Morgan fingerprint density at radius 1 is 1.29 bits per heavy atom. The molecular formula is C13H16O4. The van der Waals surface area contributed by atoms with Gasteiger partial charge in [0, 0.05) is 0 Å². The lowest BCUT2D eigenvalue weighted by molar-refractivity contribution is -0.146. The molecule has 1 atom stereocenters. The zero-order valence-electron chi connectivity index (χ0n) is 9.97. The SMILES string of the molecule is CCOC(=O)C(CC)C(=O)c1ccccc1O. The molecule has 0 saturated carbocycles. The molecule has 0 saturated heterocycles. The van der Waals surface area contributed by atoms with Gasteiger partial charge in [-0.05, 0) is 25.5 Å². The van der Waals surface area contributed by atoms with Crippen LogP contribution < -0.4 is 0 Å².